The molecule has 4 aromatic rings. The summed E-state index contributed by atoms with van der Waals surface area (Å²) in [6.45, 7) is 4.23. The Kier molecular flexibility index (Phi) is 6.74. The molecule has 0 aliphatic carbocycles. The molecule has 1 amide bonds. The number of hydrogen-bond donors (Lipinski definition) is 3. The molecule has 1 unspecified atom stereocenters. The number of rotatable bonds is 6. The predicted octanol–water partition coefficient (Wildman–Crippen LogP) is 4.61. The Labute approximate surface area is 203 Å². The second-order valence-electron chi connectivity index (χ2n) is 8.17. The lowest BCUT2D eigenvalue weighted by Crippen LogP contribution is -2.33. The number of amides is 1. The topological polar surface area (TPSA) is 101 Å². The van der Waals surface area contributed by atoms with Gasteiger partial charge in [-0.15, -0.1) is 0 Å². The molecule has 3 N–H and O–H groups in total. The van der Waals surface area contributed by atoms with E-state index in [2.05, 4.69) is 38.1 Å². The Bertz CT molecular complexity index is 1360. The number of ether oxygens (including phenoxy) is 1. The lowest BCUT2D eigenvalue weighted by molar-refractivity contribution is -0.111. The van der Waals surface area contributed by atoms with E-state index in [0.717, 1.165) is 47.4 Å². The number of anilines is 3. The van der Waals surface area contributed by atoms with E-state index in [1.165, 1.54) is 6.08 Å². The third-order valence-electron chi connectivity index (χ3n) is 5.70. The number of pyridine rings is 1. The highest BCUT2D eigenvalue weighted by Crippen LogP contribution is 2.29. The minimum atomic E-state index is -0.186. The molecule has 1 fully saturated rings. The molecule has 8 heteroatoms. The predicted molar refractivity (Wildman–Crippen MR) is 138 cm³/mol. The van der Waals surface area contributed by atoms with Crippen molar-refractivity contribution in [2.24, 2.45) is 0 Å². The maximum Gasteiger partial charge on any atom is 0.248 e. The number of morpholine rings is 1. The zero-order valence-electron chi connectivity index (χ0n) is 19.4. The second-order valence-corrected chi connectivity index (χ2v) is 8.17. The fourth-order valence-corrected chi connectivity index (χ4v) is 4.00. The summed E-state index contributed by atoms with van der Waals surface area (Å²) in [5.74, 6) is 0.305. The number of carbonyl (C=O) groups excluding carboxylic acids is 1. The van der Waals surface area contributed by atoms with E-state index in [4.69, 9.17) is 9.72 Å². The first-order chi connectivity index (χ1) is 17.2. The summed E-state index contributed by atoms with van der Waals surface area (Å²) in [6.07, 6.45) is 6.72. The minimum Gasteiger partial charge on any atom is -0.371 e. The summed E-state index contributed by atoms with van der Waals surface area (Å²) in [7, 11) is 0. The summed E-state index contributed by atoms with van der Waals surface area (Å²) >= 11 is 0. The van der Waals surface area contributed by atoms with Crippen molar-refractivity contribution in [2.45, 2.75) is 13.0 Å². The summed E-state index contributed by atoms with van der Waals surface area (Å²) in [5.41, 5.74) is 5.03. The first-order valence-electron chi connectivity index (χ1n) is 11.5. The van der Waals surface area contributed by atoms with Gasteiger partial charge in [0.1, 0.15) is 0 Å². The molecule has 2 aromatic carbocycles. The van der Waals surface area contributed by atoms with Crippen LogP contribution in [0, 0.1) is 0 Å². The zero-order chi connectivity index (χ0) is 24.0. The SMILES string of the molecule is C/C=C\C(=O)Nc1ccnc(-c2cccc3cnc(Nc4ccc(C5CNCCO5)cc4)nc23)c1. The molecular formula is C27H26N6O2. The molecule has 0 bridgehead atoms. The van der Waals surface area contributed by atoms with Crippen LogP contribution in [-0.4, -0.2) is 40.6 Å². The van der Waals surface area contributed by atoms with Gasteiger partial charge in [-0.3, -0.25) is 9.78 Å². The molecule has 1 aliphatic heterocycles. The number of allylic oxidation sites excluding steroid dienone is 1. The van der Waals surface area contributed by atoms with Gasteiger partial charge in [-0.2, -0.15) is 0 Å². The van der Waals surface area contributed by atoms with Crippen molar-refractivity contribution in [3.63, 3.8) is 0 Å². The maximum absolute atomic E-state index is 11.9. The molecule has 1 aliphatic rings. The molecule has 5 rings (SSSR count). The van der Waals surface area contributed by atoms with Gasteiger partial charge in [0.25, 0.3) is 0 Å². The van der Waals surface area contributed by atoms with Gasteiger partial charge in [-0.05, 0) is 42.8 Å². The number of para-hydroxylation sites is 1. The number of carbonyl (C=O) groups is 1. The fraction of sp³-hybridized carbons (Fsp3) is 0.185. The van der Waals surface area contributed by atoms with Crippen LogP contribution in [-0.2, 0) is 9.53 Å². The van der Waals surface area contributed by atoms with Gasteiger partial charge in [-0.25, -0.2) is 9.97 Å². The third-order valence-corrected chi connectivity index (χ3v) is 5.70. The van der Waals surface area contributed by atoms with Crippen molar-refractivity contribution in [3.8, 4) is 11.3 Å². The highest BCUT2D eigenvalue weighted by atomic mass is 16.5. The molecule has 1 atom stereocenters. The van der Waals surface area contributed by atoms with Crippen LogP contribution in [0.25, 0.3) is 22.2 Å². The van der Waals surface area contributed by atoms with Crippen molar-refractivity contribution in [1.29, 1.82) is 0 Å². The Morgan fingerprint density at radius 1 is 1.11 bits per heavy atom. The number of aromatic nitrogens is 3. The van der Waals surface area contributed by atoms with Crippen LogP contribution >= 0.6 is 0 Å². The van der Waals surface area contributed by atoms with Gasteiger partial charge in [0.05, 0.1) is 23.9 Å². The van der Waals surface area contributed by atoms with Crippen LogP contribution in [0.1, 0.15) is 18.6 Å². The van der Waals surface area contributed by atoms with Crippen molar-refractivity contribution >= 4 is 34.1 Å². The highest BCUT2D eigenvalue weighted by molar-refractivity contribution is 6.00. The first kappa shape index (κ1) is 22.6. The summed E-state index contributed by atoms with van der Waals surface area (Å²) in [4.78, 5) is 25.7. The van der Waals surface area contributed by atoms with Crippen LogP contribution in [0.2, 0.25) is 0 Å². The quantitative estimate of drug-likeness (QED) is 0.357. The van der Waals surface area contributed by atoms with Gasteiger partial charge in [0.15, 0.2) is 0 Å². The van der Waals surface area contributed by atoms with Gasteiger partial charge in [0, 0.05) is 47.8 Å². The average Bonchev–Trinajstić information content (AvgIpc) is 2.89. The van der Waals surface area contributed by atoms with Crippen LogP contribution in [0.3, 0.4) is 0 Å². The standard InChI is InChI=1S/C27H26N6O2/c1-2-4-25(34)31-21-11-12-29-23(15-21)22-6-3-5-19-16-30-27(33-26(19)22)32-20-9-7-18(8-10-20)24-17-28-13-14-35-24/h2-12,15-16,24,28H,13-14,17H2,1H3,(H,29,31,34)(H,30,32,33)/b4-2-. The molecule has 2 aromatic heterocycles. The monoisotopic (exact) mass is 466 g/mol. The van der Waals surface area contributed by atoms with Gasteiger partial charge < -0.3 is 20.7 Å². The van der Waals surface area contributed by atoms with E-state index < -0.39 is 0 Å². The van der Waals surface area contributed by atoms with Crippen molar-refractivity contribution in [3.05, 3.63) is 84.7 Å². The lowest BCUT2D eigenvalue weighted by atomic mass is 10.1. The molecule has 8 nitrogen and oxygen atoms in total. The van der Waals surface area contributed by atoms with Gasteiger partial charge >= 0.3 is 0 Å². The van der Waals surface area contributed by atoms with E-state index >= 15 is 0 Å². The van der Waals surface area contributed by atoms with Crippen LogP contribution < -0.4 is 16.0 Å². The van der Waals surface area contributed by atoms with E-state index in [-0.39, 0.29) is 12.0 Å². The molecule has 0 saturated carbocycles. The van der Waals surface area contributed by atoms with Crippen LogP contribution in [0.5, 0.6) is 0 Å². The average molecular weight is 467 g/mol. The van der Waals surface area contributed by atoms with E-state index in [9.17, 15) is 4.79 Å². The highest BCUT2D eigenvalue weighted by Gasteiger charge is 2.15. The summed E-state index contributed by atoms with van der Waals surface area (Å²) in [6, 6.07) is 17.6. The maximum atomic E-state index is 11.9. The Morgan fingerprint density at radius 2 is 2.00 bits per heavy atom. The molecule has 176 valence electrons. The summed E-state index contributed by atoms with van der Waals surface area (Å²) in [5, 5.41) is 10.4. The smallest absolute Gasteiger partial charge is 0.248 e. The molecule has 0 spiro atoms. The number of nitrogens with one attached hydrogen (secondary N) is 3. The summed E-state index contributed by atoms with van der Waals surface area (Å²) < 4.78 is 5.83. The largest absolute Gasteiger partial charge is 0.371 e. The minimum absolute atomic E-state index is 0.0725. The molecule has 3 heterocycles. The van der Waals surface area contributed by atoms with Crippen molar-refractivity contribution in [1.82, 2.24) is 20.3 Å². The molecular weight excluding hydrogens is 440 g/mol. The third kappa shape index (κ3) is 5.34. The number of hydrogen-bond acceptors (Lipinski definition) is 7. The molecule has 0 radical (unpaired) electrons. The van der Waals surface area contributed by atoms with E-state index in [1.807, 2.05) is 36.4 Å². The Morgan fingerprint density at radius 3 is 2.80 bits per heavy atom. The van der Waals surface area contributed by atoms with Gasteiger partial charge in [0.2, 0.25) is 11.9 Å². The number of fused-ring (bicyclic) bond motifs is 1. The van der Waals surface area contributed by atoms with Crippen LogP contribution in [0.4, 0.5) is 17.3 Å². The van der Waals surface area contributed by atoms with Gasteiger partial charge in [-0.1, -0.05) is 36.4 Å². The molecule has 1 saturated heterocycles. The first-order valence-corrected chi connectivity index (χ1v) is 11.5. The fourth-order valence-electron chi connectivity index (χ4n) is 4.00. The van der Waals surface area contributed by atoms with E-state index in [0.29, 0.717) is 17.3 Å². The lowest BCUT2D eigenvalue weighted by Gasteiger charge is -2.24. The second kappa shape index (κ2) is 10.4. The molecule has 35 heavy (non-hydrogen) atoms. The van der Waals surface area contributed by atoms with Crippen molar-refractivity contribution < 1.29 is 9.53 Å². The number of nitrogens with zero attached hydrogens (tertiary/aromatic N) is 3. The Balaban J connectivity index is 1.40. The Hall–Kier alpha value is -4.14. The number of benzene rings is 2. The normalized spacial score (nSPS) is 15.9. The van der Waals surface area contributed by atoms with Crippen LogP contribution in [0.15, 0.2) is 79.1 Å². The van der Waals surface area contributed by atoms with E-state index in [1.54, 1.807) is 31.5 Å². The zero-order valence-corrected chi connectivity index (χ0v) is 19.4. The van der Waals surface area contributed by atoms with Crippen molar-refractivity contribution in [2.75, 3.05) is 30.3 Å².